The SMILES string of the molecule is COc1cccc(CC(=O)C[C@@H](c2ccc(C(F)(F)F)cc2)c2ncccc2C(F)(F)F)c1. The summed E-state index contributed by atoms with van der Waals surface area (Å²) in [5, 5.41) is 0. The van der Waals surface area contributed by atoms with Crippen LogP contribution in [0.4, 0.5) is 26.3 Å². The molecule has 3 rings (SSSR count). The maximum absolute atomic E-state index is 13.6. The summed E-state index contributed by atoms with van der Waals surface area (Å²) in [7, 11) is 1.46. The number of nitrogens with zero attached hydrogens (tertiary/aromatic N) is 1. The number of methoxy groups -OCH3 is 1. The van der Waals surface area contributed by atoms with Crippen LogP contribution in [0.5, 0.6) is 5.75 Å². The Hall–Kier alpha value is -3.36. The molecule has 3 aromatic rings. The Morgan fingerprint density at radius 3 is 2.24 bits per heavy atom. The zero-order valence-electron chi connectivity index (χ0n) is 17.4. The molecule has 1 heterocycles. The second-order valence-electron chi connectivity index (χ2n) is 7.38. The highest BCUT2D eigenvalue weighted by Gasteiger charge is 2.37. The zero-order chi connectivity index (χ0) is 24.2. The molecule has 0 aliphatic heterocycles. The highest BCUT2D eigenvalue weighted by atomic mass is 19.4. The van der Waals surface area contributed by atoms with Gasteiger partial charge in [-0.25, -0.2) is 0 Å². The largest absolute Gasteiger partial charge is 0.497 e. The third kappa shape index (κ3) is 6.12. The van der Waals surface area contributed by atoms with Crippen molar-refractivity contribution >= 4 is 5.78 Å². The van der Waals surface area contributed by atoms with E-state index in [1.807, 2.05) is 0 Å². The molecule has 9 heteroatoms. The molecule has 0 saturated heterocycles. The van der Waals surface area contributed by atoms with E-state index in [1.54, 1.807) is 24.3 Å². The van der Waals surface area contributed by atoms with Gasteiger partial charge in [-0.15, -0.1) is 0 Å². The van der Waals surface area contributed by atoms with Crippen LogP contribution in [0.15, 0.2) is 66.9 Å². The third-order valence-electron chi connectivity index (χ3n) is 5.08. The minimum atomic E-state index is -4.75. The van der Waals surface area contributed by atoms with Gasteiger partial charge in [-0.05, 0) is 47.5 Å². The Labute approximate surface area is 186 Å². The number of halogens is 6. The van der Waals surface area contributed by atoms with Crippen LogP contribution in [-0.4, -0.2) is 17.9 Å². The molecule has 0 spiro atoms. The van der Waals surface area contributed by atoms with E-state index in [0.29, 0.717) is 11.3 Å². The van der Waals surface area contributed by atoms with E-state index in [1.165, 1.54) is 7.11 Å². The standard InChI is InChI=1S/C24H19F6NO2/c1-33-19-5-2-4-15(13-19)12-18(32)14-20(16-7-9-17(10-8-16)23(25,26)27)22-21(24(28,29)30)6-3-11-31-22/h2-11,13,20H,12,14H2,1H3/t20-/m0/s1. The lowest BCUT2D eigenvalue weighted by Gasteiger charge is -2.21. The fraction of sp³-hybridized carbons (Fsp3) is 0.250. The van der Waals surface area contributed by atoms with Crippen molar-refractivity contribution in [3.8, 4) is 5.75 Å². The minimum absolute atomic E-state index is 0.0808. The lowest BCUT2D eigenvalue weighted by molar-refractivity contribution is -0.139. The molecule has 0 unspecified atom stereocenters. The van der Waals surface area contributed by atoms with Crippen molar-refractivity contribution in [1.29, 1.82) is 0 Å². The molecule has 0 aliphatic carbocycles. The van der Waals surface area contributed by atoms with E-state index in [9.17, 15) is 31.1 Å². The molecular weight excluding hydrogens is 448 g/mol. The lowest BCUT2D eigenvalue weighted by atomic mass is 9.86. The van der Waals surface area contributed by atoms with Crippen LogP contribution in [0, 0.1) is 0 Å². The Balaban J connectivity index is 1.98. The Bertz CT molecular complexity index is 1110. The maximum atomic E-state index is 13.6. The summed E-state index contributed by atoms with van der Waals surface area (Å²) < 4.78 is 84.8. The normalized spacial score (nSPS) is 12.9. The number of ether oxygens (including phenoxy) is 1. The number of carbonyl (C=O) groups is 1. The summed E-state index contributed by atoms with van der Waals surface area (Å²) in [5.74, 6) is -1.06. The molecule has 0 radical (unpaired) electrons. The molecule has 33 heavy (non-hydrogen) atoms. The number of benzene rings is 2. The lowest BCUT2D eigenvalue weighted by Crippen LogP contribution is -2.18. The van der Waals surface area contributed by atoms with E-state index in [4.69, 9.17) is 4.74 Å². The molecule has 0 saturated carbocycles. The van der Waals surface area contributed by atoms with Gasteiger partial charge in [0.05, 0.1) is 23.9 Å². The predicted octanol–water partition coefficient (Wildman–Crippen LogP) is 6.46. The van der Waals surface area contributed by atoms with Crippen molar-refractivity contribution in [2.24, 2.45) is 0 Å². The fourth-order valence-electron chi connectivity index (χ4n) is 3.52. The van der Waals surface area contributed by atoms with Gasteiger partial charge in [0.2, 0.25) is 0 Å². The molecule has 0 N–H and O–H groups in total. The minimum Gasteiger partial charge on any atom is -0.497 e. The topological polar surface area (TPSA) is 39.2 Å². The molecule has 174 valence electrons. The van der Waals surface area contributed by atoms with Gasteiger partial charge in [0.15, 0.2) is 0 Å². The van der Waals surface area contributed by atoms with E-state index in [-0.39, 0.29) is 18.4 Å². The summed E-state index contributed by atoms with van der Waals surface area (Å²) in [6, 6.07) is 12.4. The molecule has 0 fully saturated rings. The van der Waals surface area contributed by atoms with Crippen LogP contribution in [0.1, 0.15) is 40.3 Å². The quantitative estimate of drug-likeness (QED) is 0.375. The number of aromatic nitrogens is 1. The van der Waals surface area contributed by atoms with Crippen LogP contribution in [0.2, 0.25) is 0 Å². The monoisotopic (exact) mass is 467 g/mol. The van der Waals surface area contributed by atoms with Gasteiger partial charge in [-0.1, -0.05) is 24.3 Å². The summed E-state index contributed by atoms with van der Waals surface area (Å²) in [6.07, 6.45) is -8.64. The van der Waals surface area contributed by atoms with Crippen LogP contribution < -0.4 is 4.74 Å². The summed E-state index contributed by atoms with van der Waals surface area (Å²) in [6.45, 7) is 0. The van der Waals surface area contributed by atoms with Crippen molar-refractivity contribution < 1.29 is 35.9 Å². The summed E-state index contributed by atoms with van der Waals surface area (Å²) in [5.41, 5.74) is -1.66. The first-order valence-electron chi connectivity index (χ1n) is 9.83. The first-order valence-corrected chi connectivity index (χ1v) is 9.83. The molecule has 0 bridgehead atoms. The number of Topliss-reactive ketones (excluding diaryl/α,β-unsaturated/α-hetero) is 1. The first-order chi connectivity index (χ1) is 15.5. The molecule has 0 aliphatic rings. The van der Waals surface area contributed by atoms with Gasteiger partial charge in [0, 0.05) is 25.0 Å². The Morgan fingerprint density at radius 2 is 1.64 bits per heavy atom. The van der Waals surface area contributed by atoms with Crippen LogP contribution >= 0.6 is 0 Å². The van der Waals surface area contributed by atoms with Crippen LogP contribution in [0.3, 0.4) is 0 Å². The highest BCUT2D eigenvalue weighted by molar-refractivity contribution is 5.82. The summed E-state index contributed by atoms with van der Waals surface area (Å²) in [4.78, 5) is 16.7. The van der Waals surface area contributed by atoms with E-state index < -0.39 is 40.9 Å². The van der Waals surface area contributed by atoms with E-state index in [0.717, 1.165) is 42.6 Å². The van der Waals surface area contributed by atoms with Crippen LogP contribution in [-0.2, 0) is 23.6 Å². The van der Waals surface area contributed by atoms with Crippen molar-refractivity contribution in [1.82, 2.24) is 4.98 Å². The summed E-state index contributed by atoms with van der Waals surface area (Å²) >= 11 is 0. The van der Waals surface area contributed by atoms with Crippen molar-refractivity contribution in [2.45, 2.75) is 31.1 Å². The fourth-order valence-corrected chi connectivity index (χ4v) is 3.52. The van der Waals surface area contributed by atoms with Crippen molar-refractivity contribution in [3.63, 3.8) is 0 Å². The zero-order valence-corrected chi connectivity index (χ0v) is 17.4. The Morgan fingerprint density at radius 1 is 0.939 bits per heavy atom. The van der Waals surface area contributed by atoms with Gasteiger partial charge < -0.3 is 4.74 Å². The van der Waals surface area contributed by atoms with Crippen molar-refractivity contribution in [2.75, 3.05) is 7.11 Å². The average Bonchev–Trinajstić information content (AvgIpc) is 2.76. The Kier molecular flexibility index (Phi) is 7.09. The van der Waals surface area contributed by atoms with E-state index >= 15 is 0 Å². The molecular formula is C24H19F6NO2. The predicted molar refractivity (Wildman–Crippen MR) is 109 cm³/mol. The molecule has 1 atom stereocenters. The first kappa shape index (κ1) is 24.3. The third-order valence-corrected chi connectivity index (χ3v) is 5.08. The maximum Gasteiger partial charge on any atom is 0.418 e. The van der Waals surface area contributed by atoms with Crippen LogP contribution in [0.25, 0.3) is 0 Å². The highest BCUT2D eigenvalue weighted by Crippen LogP contribution is 2.39. The number of ketones is 1. The van der Waals surface area contributed by atoms with Gasteiger partial charge in [0.25, 0.3) is 0 Å². The molecule has 1 aromatic heterocycles. The smallest absolute Gasteiger partial charge is 0.418 e. The van der Waals surface area contributed by atoms with E-state index in [2.05, 4.69) is 4.98 Å². The number of carbonyl (C=O) groups excluding carboxylic acids is 1. The van der Waals surface area contributed by atoms with Crippen molar-refractivity contribution in [3.05, 3.63) is 94.8 Å². The molecule has 3 nitrogen and oxygen atoms in total. The van der Waals surface area contributed by atoms with Gasteiger partial charge >= 0.3 is 12.4 Å². The van der Waals surface area contributed by atoms with Gasteiger partial charge in [0.1, 0.15) is 11.5 Å². The number of alkyl halides is 6. The number of pyridine rings is 1. The number of rotatable bonds is 7. The second-order valence-corrected chi connectivity index (χ2v) is 7.38. The number of hydrogen-bond donors (Lipinski definition) is 0. The number of hydrogen-bond acceptors (Lipinski definition) is 3. The average molecular weight is 467 g/mol. The second kappa shape index (κ2) is 9.64. The van der Waals surface area contributed by atoms with Gasteiger partial charge in [-0.2, -0.15) is 26.3 Å². The molecule has 2 aromatic carbocycles. The molecule has 0 amide bonds. The van der Waals surface area contributed by atoms with Gasteiger partial charge in [-0.3, -0.25) is 9.78 Å².